The molecule has 2 rings (SSSR count). The molecule has 0 spiro atoms. The maximum absolute atomic E-state index is 12.2. The van der Waals surface area contributed by atoms with Crippen molar-refractivity contribution in [3.63, 3.8) is 0 Å². The van der Waals surface area contributed by atoms with Gasteiger partial charge >= 0.3 is 0 Å². The summed E-state index contributed by atoms with van der Waals surface area (Å²) in [5, 5.41) is 6.27. The highest BCUT2D eigenvalue weighted by atomic mass is 32.2. The lowest BCUT2D eigenvalue weighted by Crippen LogP contribution is -2.54. The molecule has 27 heavy (non-hydrogen) atoms. The van der Waals surface area contributed by atoms with Gasteiger partial charge in [0, 0.05) is 38.8 Å². The number of hydrogen-bond donors (Lipinski definition) is 2. The zero-order valence-electron chi connectivity index (χ0n) is 17.1. The molecule has 0 aromatic carbocycles. The lowest BCUT2D eigenvalue weighted by Gasteiger charge is -2.36. The standard InChI is InChI=1S/C18H35N5O3S/c1-5-19-17(20-8-13-27(25,26)18(2,3)4)23-11-9-22(10-12-23)14-16(24)21-15-6-7-15/h15H,5-14H2,1-4H3,(H,19,20)(H,21,24). The van der Waals surface area contributed by atoms with Crippen molar-refractivity contribution < 1.29 is 13.2 Å². The summed E-state index contributed by atoms with van der Waals surface area (Å²) in [6.07, 6.45) is 2.21. The van der Waals surface area contributed by atoms with Crippen LogP contribution in [0.25, 0.3) is 0 Å². The van der Waals surface area contributed by atoms with E-state index in [0.29, 0.717) is 12.6 Å². The van der Waals surface area contributed by atoms with E-state index in [1.165, 1.54) is 0 Å². The van der Waals surface area contributed by atoms with Gasteiger partial charge in [0.25, 0.3) is 0 Å². The second kappa shape index (κ2) is 9.23. The first kappa shape index (κ1) is 21.9. The normalized spacial score (nSPS) is 19.9. The predicted molar refractivity (Wildman–Crippen MR) is 109 cm³/mol. The molecule has 156 valence electrons. The number of amides is 1. The number of sulfone groups is 1. The highest BCUT2D eigenvalue weighted by Gasteiger charge is 2.29. The summed E-state index contributed by atoms with van der Waals surface area (Å²) in [5.74, 6) is 0.912. The SMILES string of the molecule is CCNC(=NCCS(=O)(=O)C(C)(C)C)N1CCN(CC(=O)NC2CC2)CC1. The van der Waals surface area contributed by atoms with Crippen molar-refractivity contribution in [2.45, 2.75) is 51.3 Å². The number of aliphatic imine (C=N–C) groups is 1. The van der Waals surface area contributed by atoms with Crippen LogP contribution in [0.3, 0.4) is 0 Å². The van der Waals surface area contributed by atoms with Gasteiger partial charge in [0.1, 0.15) is 0 Å². The zero-order valence-corrected chi connectivity index (χ0v) is 17.9. The molecule has 8 nitrogen and oxygen atoms in total. The van der Waals surface area contributed by atoms with Gasteiger partial charge in [0.05, 0.1) is 23.6 Å². The van der Waals surface area contributed by atoms with E-state index in [9.17, 15) is 13.2 Å². The molecule has 9 heteroatoms. The van der Waals surface area contributed by atoms with Crippen LogP contribution in [0.15, 0.2) is 4.99 Å². The van der Waals surface area contributed by atoms with Gasteiger partial charge in [-0.3, -0.25) is 14.7 Å². The van der Waals surface area contributed by atoms with Crippen molar-refractivity contribution in [3.8, 4) is 0 Å². The molecule has 0 aromatic rings. The quantitative estimate of drug-likeness (QED) is 0.463. The van der Waals surface area contributed by atoms with E-state index in [4.69, 9.17) is 0 Å². The van der Waals surface area contributed by atoms with Crippen molar-refractivity contribution >= 4 is 21.7 Å². The molecule has 0 atom stereocenters. The van der Waals surface area contributed by atoms with E-state index < -0.39 is 14.6 Å². The molecule has 0 radical (unpaired) electrons. The Hall–Kier alpha value is -1.35. The number of rotatable bonds is 7. The van der Waals surface area contributed by atoms with Crippen LogP contribution in [0.2, 0.25) is 0 Å². The second-order valence-electron chi connectivity index (χ2n) is 8.27. The molecule has 1 saturated heterocycles. The third-order valence-corrected chi connectivity index (χ3v) is 7.46. The number of carbonyl (C=O) groups is 1. The number of nitrogens with zero attached hydrogens (tertiary/aromatic N) is 3. The zero-order chi connectivity index (χ0) is 20.1. The Morgan fingerprint density at radius 1 is 1.15 bits per heavy atom. The fourth-order valence-electron chi connectivity index (χ4n) is 2.83. The van der Waals surface area contributed by atoms with Gasteiger partial charge < -0.3 is 15.5 Å². The minimum absolute atomic E-state index is 0.0483. The Bertz CT molecular complexity index is 630. The Morgan fingerprint density at radius 3 is 2.30 bits per heavy atom. The number of carbonyl (C=O) groups excluding carboxylic acids is 1. The maximum Gasteiger partial charge on any atom is 0.234 e. The summed E-state index contributed by atoms with van der Waals surface area (Å²) in [7, 11) is -3.17. The molecule has 1 saturated carbocycles. The Kier molecular flexibility index (Phi) is 7.50. The molecule has 0 aromatic heterocycles. The number of nitrogens with one attached hydrogen (secondary N) is 2. The lowest BCUT2D eigenvalue weighted by atomic mass is 10.3. The molecular formula is C18H35N5O3S. The third kappa shape index (κ3) is 6.95. The van der Waals surface area contributed by atoms with Crippen molar-refractivity contribution in [1.29, 1.82) is 0 Å². The highest BCUT2D eigenvalue weighted by molar-refractivity contribution is 7.92. The Labute approximate surface area is 163 Å². The highest BCUT2D eigenvalue weighted by Crippen LogP contribution is 2.18. The first-order chi connectivity index (χ1) is 12.6. The topological polar surface area (TPSA) is 94.1 Å². The maximum atomic E-state index is 12.2. The van der Waals surface area contributed by atoms with Gasteiger partial charge in [0.2, 0.25) is 5.91 Å². The third-order valence-electron chi connectivity index (χ3n) is 4.87. The number of hydrogen-bond acceptors (Lipinski definition) is 5. The van der Waals surface area contributed by atoms with E-state index in [1.807, 2.05) is 6.92 Å². The largest absolute Gasteiger partial charge is 0.357 e. The Morgan fingerprint density at radius 2 is 1.78 bits per heavy atom. The van der Waals surface area contributed by atoms with Crippen LogP contribution in [-0.4, -0.2) is 92.4 Å². The van der Waals surface area contributed by atoms with Gasteiger partial charge in [-0.05, 0) is 40.5 Å². The summed E-state index contributed by atoms with van der Waals surface area (Å²) < 4.78 is 23.7. The predicted octanol–water partition coefficient (Wildman–Crippen LogP) is 0.0614. The molecule has 2 fully saturated rings. The average molecular weight is 402 g/mol. The second-order valence-corrected chi connectivity index (χ2v) is 11.1. The van der Waals surface area contributed by atoms with Crippen LogP contribution in [0.1, 0.15) is 40.5 Å². The van der Waals surface area contributed by atoms with Crippen molar-refractivity contribution in [3.05, 3.63) is 0 Å². The smallest absolute Gasteiger partial charge is 0.234 e. The molecule has 0 unspecified atom stereocenters. The minimum atomic E-state index is -3.17. The molecule has 2 aliphatic rings. The molecule has 0 bridgehead atoms. The number of piperazine rings is 1. The van der Waals surface area contributed by atoms with E-state index in [-0.39, 0.29) is 18.2 Å². The van der Waals surface area contributed by atoms with Crippen LogP contribution in [-0.2, 0) is 14.6 Å². The Balaban J connectivity index is 1.83. The average Bonchev–Trinajstić information content (AvgIpc) is 3.37. The van der Waals surface area contributed by atoms with Gasteiger partial charge in [-0.1, -0.05) is 0 Å². The van der Waals surface area contributed by atoms with Crippen LogP contribution in [0.5, 0.6) is 0 Å². The fraction of sp³-hybridized carbons (Fsp3) is 0.889. The van der Waals surface area contributed by atoms with Crippen molar-refractivity contribution in [2.75, 3.05) is 51.6 Å². The summed E-state index contributed by atoms with van der Waals surface area (Å²) in [4.78, 5) is 20.8. The van der Waals surface area contributed by atoms with Crippen LogP contribution in [0, 0.1) is 0 Å². The van der Waals surface area contributed by atoms with Crippen LogP contribution < -0.4 is 10.6 Å². The number of guanidine groups is 1. The summed E-state index contributed by atoms with van der Waals surface area (Å²) >= 11 is 0. The molecule has 1 aliphatic heterocycles. The van der Waals surface area contributed by atoms with Gasteiger partial charge in [-0.15, -0.1) is 0 Å². The first-order valence-corrected chi connectivity index (χ1v) is 11.5. The summed E-state index contributed by atoms with van der Waals surface area (Å²) in [6, 6.07) is 0.399. The first-order valence-electron chi connectivity index (χ1n) is 9.89. The lowest BCUT2D eigenvalue weighted by molar-refractivity contribution is -0.122. The van der Waals surface area contributed by atoms with Gasteiger partial charge in [-0.2, -0.15) is 0 Å². The summed E-state index contributed by atoms with van der Waals surface area (Å²) in [5.41, 5.74) is 0. The molecule has 1 amide bonds. The monoisotopic (exact) mass is 401 g/mol. The molecule has 1 heterocycles. The molecule has 2 N–H and O–H groups in total. The molecular weight excluding hydrogens is 366 g/mol. The van der Waals surface area contributed by atoms with Crippen molar-refractivity contribution in [1.82, 2.24) is 20.4 Å². The van der Waals surface area contributed by atoms with E-state index >= 15 is 0 Å². The van der Waals surface area contributed by atoms with E-state index in [2.05, 4.69) is 25.4 Å². The fourth-order valence-corrected chi connectivity index (χ4v) is 3.77. The van der Waals surface area contributed by atoms with Crippen molar-refractivity contribution in [2.24, 2.45) is 4.99 Å². The minimum Gasteiger partial charge on any atom is -0.357 e. The van der Waals surface area contributed by atoms with E-state index in [0.717, 1.165) is 51.5 Å². The van der Waals surface area contributed by atoms with Crippen LogP contribution in [0.4, 0.5) is 0 Å². The molecule has 1 aliphatic carbocycles. The summed E-state index contributed by atoms with van der Waals surface area (Å²) in [6.45, 7) is 11.7. The van der Waals surface area contributed by atoms with Crippen LogP contribution >= 0.6 is 0 Å². The van der Waals surface area contributed by atoms with E-state index in [1.54, 1.807) is 20.8 Å². The van der Waals surface area contributed by atoms with Gasteiger partial charge in [-0.25, -0.2) is 8.42 Å². The van der Waals surface area contributed by atoms with Gasteiger partial charge in [0.15, 0.2) is 15.8 Å².